The standard InChI is InChI=1S/C32H39NO4/c1-30-15-9-16-31(21-36-31)27(30)18-24-25(29(34)37-26(24)19-30)20-33-17-8-14-28(33)32(35,22-10-4-2-5-11-22)23-12-6-3-7-13-23/h2-7,10-13,24-28,35H,8-9,14-21H2,1H3/t24-,25+,26+,27-,28+,30+,31+/m0/s1. The zero-order valence-electron chi connectivity index (χ0n) is 21.9. The normalized spacial score (nSPS) is 39.3. The van der Waals surface area contributed by atoms with Gasteiger partial charge in [-0.2, -0.15) is 0 Å². The minimum Gasteiger partial charge on any atom is -0.462 e. The summed E-state index contributed by atoms with van der Waals surface area (Å²) in [5, 5.41) is 12.5. The second kappa shape index (κ2) is 8.65. The maximum atomic E-state index is 13.4. The number of hydrogen-bond donors (Lipinski definition) is 1. The first kappa shape index (κ1) is 23.9. The zero-order valence-corrected chi connectivity index (χ0v) is 21.9. The van der Waals surface area contributed by atoms with Crippen LogP contribution in [0.25, 0.3) is 0 Å². The molecule has 5 aliphatic rings. The monoisotopic (exact) mass is 501 g/mol. The molecule has 3 aliphatic heterocycles. The van der Waals surface area contributed by atoms with Crippen molar-refractivity contribution in [2.45, 2.75) is 75.2 Å². The lowest BCUT2D eigenvalue weighted by molar-refractivity contribution is -0.147. The lowest BCUT2D eigenvalue weighted by Crippen LogP contribution is -2.53. The quantitative estimate of drug-likeness (QED) is 0.466. The second-order valence-electron chi connectivity index (χ2n) is 12.8. The van der Waals surface area contributed by atoms with Crippen molar-refractivity contribution in [1.82, 2.24) is 4.90 Å². The summed E-state index contributed by atoms with van der Waals surface area (Å²) in [5.74, 6) is 0.597. The van der Waals surface area contributed by atoms with Gasteiger partial charge in [0.15, 0.2) is 0 Å². The molecule has 3 saturated heterocycles. The molecule has 2 saturated carbocycles. The fourth-order valence-electron chi connectivity index (χ4n) is 8.87. The second-order valence-corrected chi connectivity index (χ2v) is 12.8. The maximum absolute atomic E-state index is 13.4. The molecule has 0 radical (unpaired) electrons. The fraction of sp³-hybridized carbons (Fsp3) is 0.594. The molecule has 5 nitrogen and oxygen atoms in total. The Morgan fingerprint density at radius 2 is 1.70 bits per heavy atom. The van der Waals surface area contributed by atoms with Crippen molar-refractivity contribution < 1.29 is 19.4 Å². The number of likely N-dealkylation sites (tertiary alicyclic amines) is 1. The van der Waals surface area contributed by atoms with Crippen LogP contribution in [0.5, 0.6) is 0 Å². The number of carbonyl (C=O) groups excluding carboxylic acids is 1. The van der Waals surface area contributed by atoms with E-state index in [0.29, 0.717) is 12.5 Å². The highest BCUT2D eigenvalue weighted by molar-refractivity contribution is 5.75. The molecule has 7 rings (SSSR count). The van der Waals surface area contributed by atoms with Gasteiger partial charge in [-0.1, -0.05) is 67.6 Å². The molecule has 0 unspecified atom stereocenters. The number of ether oxygens (including phenoxy) is 2. The summed E-state index contributed by atoms with van der Waals surface area (Å²) in [6, 6.07) is 20.0. The Morgan fingerprint density at radius 1 is 1.03 bits per heavy atom. The van der Waals surface area contributed by atoms with Gasteiger partial charge < -0.3 is 14.6 Å². The molecule has 0 aromatic heterocycles. The number of aliphatic hydroxyl groups is 1. The van der Waals surface area contributed by atoms with Crippen molar-refractivity contribution in [2.24, 2.45) is 23.2 Å². The summed E-state index contributed by atoms with van der Waals surface area (Å²) in [6.07, 6.45) is 7.52. The van der Waals surface area contributed by atoms with E-state index >= 15 is 0 Å². The molecule has 196 valence electrons. The molecule has 37 heavy (non-hydrogen) atoms. The van der Waals surface area contributed by atoms with E-state index < -0.39 is 5.60 Å². The first-order chi connectivity index (χ1) is 17.9. The van der Waals surface area contributed by atoms with Crippen molar-refractivity contribution >= 4 is 5.97 Å². The number of esters is 1. The number of nitrogens with zero attached hydrogens (tertiary/aromatic N) is 1. The van der Waals surface area contributed by atoms with Gasteiger partial charge in [0, 0.05) is 18.5 Å². The zero-order chi connectivity index (χ0) is 25.3. The van der Waals surface area contributed by atoms with Gasteiger partial charge in [0.05, 0.1) is 18.1 Å². The molecule has 3 heterocycles. The maximum Gasteiger partial charge on any atom is 0.310 e. The predicted molar refractivity (Wildman–Crippen MR) is 141 cm³/mol. The van der Waals surface area contributed by atoms with Crippen LogP contribution in [0.1, 0.15) is 63.0 Å². The summed E-state index contributed by atoms with van der Waals surface area (Å²) < 4.78 is 12.2. The van der Waals surface area contributed by atoms with Gasteiger partial charge in [-0.25, -0.2) is 0 Å². The molecular formula is C32H39NO4. The first-order valence-corrected chi connectivity index (χ1v) is 14.3. The smallest absolute Gasteiger partial charge is 0.310 e. The average Bonchev–Trinajstić information content (AvgIpc) is 3.40. The minimum atomic E-state index is -1.14. The fourth-order valence-corrected chi connectivity index (χ4v) is 8.87. The van der Waals surface area contributed by atoms with E-state index in [2.05, 4.69) is 11.8 Å². The third kappa shape index (κ3) is 3.72. The molecule has 0 bridgehead atoms. The van der Waals surface area contributed by atoms with Crippen LogP contribution in [-0.4, -0.2) is 53.4 Å². The highest BCUT2D eigenvalue weighted by Gasteiger charge is 2.65. The van der Waals surface area contributed by atoms with Crippen LogP contribution in [0, 0.1) is 23.2 Å². The van der Waals surface area contributed by atoms with E-state index in [1.807, 2.05) is 60.7 Å². The SMILES string of the molecule is C[C@]12CCC[C@@]3(CO3)[C@H]1C[C@@H]1[C@@H](C2)OC(=O)[C@@H]1CN1CCC[C@@H]1C(O)(c1ccccc1)c1ccccc1. The van der Waals surface area contributed by atoms with Crippen molar-refractivity contribution in [2.75, 3.05) is 19.7 Å². The lowest BCUT2D eigenvalue weighted by atomic mass is 9.53. The summed E-state index contributed by atoms with van der Waals surface area (Å²) >= 11 is 0. The van der Waals surface area contributed by atoms with E-state index in [1.165, 1.54) is 19.3 Å². The van der Waals surface area contributed by atoms with Gasteiger partial charge in [-0.05, 0) is 74.0 Å². The first-order valence-electron chi connectivity index (χ1n) is 14.3. The molecule has 5 heteroatoms. The van der Waals surface area contributed by atoms with Crippen LogP contribution in [0.4, 0.5) is 0 Å². The number of hydrogen-bond acceptors (Lipinski definition) is 5. The highest BCUT2D eigenvalue weighted by atomic mass is 16.6. The molecule has 1 N–H and O–H groups in total. The van der Waals surface area contributed by atoms with Gasteiger partial charge in [0.2, 0.25) is 0 Å². The molecular weight excluding hydrogens is 462 g/mol. The molecule has 0 amide bonds. The Hall–Kier alpha value is -2.21. The van der Waals surface area contributed by atoms with E-state index in [1.54, 1.807) is 0 Å². The Labute approximate surface area is 220 Å². The number of rotatable bonds is 5. The average molecular weight is 502 g/mol. The van der Waals surface area contributed by atoms with Gasteiger partial charge >= 0.3 is 5.97 Å². The number of fused-ring (bicyclic) bond motifs is 3. The molecule has 5 fully saturated rings. The van der Waals surface area contributed by atoms with Crippen LogP contribution in [0.15, 0.2) is 60.7 Å². The third-order valence-electron chi connectivity index (χ3n) is 10.8. The van der Waals surface area contributed by atoms with Crippen LogP contribution >= 0.6 is 0 Å². The van der Waals surface area contributed by atoms with E-state index in [4.69, 9.17) is 9.47 Å². The Balaban J connectivity index is 1.18. The summed E-state index contributed by atoms with van der Waals surface area (Å²) in [4.78, 5) is 15.8. The lowest BCUT2D eigenvalue weighted by Gasteiger charge is -2.51. The van der Waals surface area contributed by atoms with Crippen LogP contribution < -0.4 is 0 Å². The third-order valence-corrected chi connectivity index (χ3v) is 10.8. The number of carbonyl (C=O) groups is 1. The Bertz CT molecular complexity index is 1110. The van der Waals surface area contributed by atoms with E-state index in [9.17, 15) is 9.90 Å². The largest absolute Gasteiger partial charge is 0.462 e. The van der Waals surface area contributed by atoms with Gasteiger partial charge in [0.1, 0.15) is 11.7 Å². The minimum absolute atomic E-state index is 0.0239. The van der Waals surface area contributed by atoms with Crippen molar-refractivity contribution in [1.29, 1.82) is 0 Å². The summed E-state index contributed by atoms with van der Waals surface area (Å²) in [6.45, 7) is 4.85. The number of benzene rings is 2. The topological polar surface area (TPSA) is 62.3 Å². The molecule has 2 aliphatic carbocycles. The van der Waals surface area contributed by atoms with Crippen molar-refractivity contribution in [3.63, 3.8) is 0 Å². The van der Waals surface area contributed by atoms with Crippen LogP contribution in [0.2, 0.25) is 0 Å². The van der Waals surface area contributed by atoms with Gasteiger partial charge in [-0.3, -0.25) is 9.69 Å². The van der Waals surface area contributed by atoms with Crippen LogP contribution in [-0.2, 0) is 19.9 Å². The Kier molecular flexibility index (Phi) is 5.58. The summed E-state index contributed by atoms with van der Waals surface area (Å²) in [5.41, 5.74) is 0.955. The highest BCUT2D eigenvalue weighted by Crippen LogP contribution is 2.63. The molecule has 2 aromatic carbocycles. The molecule has 1 spiro atoms. The Morgan fingerprint density at radius 3 is 2.35 bits per heavy atom. The van der Waals surface area contributed by atoms with Gasteiger partial charge in [-0.15, -0.1) is 0 Å². The van der Waals surface area contributed by atoms with Gasteiger partial charge in [0.25, 0.3) is 0 Å². The van der Waals surface area contributed by atoms with Crippen molar-refractivity contribution in [3.05, 3.63) is 71.8 Å². The van der Waals surface area contributed by atoms with Crippen LogP contribution in [0.3, 0.4) is 0 Å². The van der Waals surface area contributed by atoms with E-state index in [0.717, 1.165) is 50.0 Å². The summed E-state index contributed by atoms with van der Waals surface area (Å²) in [7, 11) is 0. The number of epoxide rings is 1. The van der Waals surface area contributed by atoms with E-state index in [-0.39, 0.29) is 41.0 Å². The predicted octanol–water partition coefficient (Wildman–Crippen LogP) is 4.91. The molecule has 7 atom stereocenters. The molecule has 2 aromatic rings. The van der Waals surface area contributed by atoms with Crippen molar-refractivity contribution in [3.8, 4) is 0 Å².